The summed E-state index contributed by atoms with van der Waals surface area (Å²) in [6, 6.07) is 0.552. The quantitative estimate of drug-likeness (QED) is 0.663. The Bertz CT molecular complexity index is 145. The van der Waals surface area contributed by atoms with Crippen LogP contribution in [0.4, 0.5) is 0 Å². The second kappa shape index (κ2) is 6.41. The standard InChI is InChI=1S/C12H27NO/c1-6-10(2)7-11(3)13-8-12(4,5)9-14/h10-11,13-14H,6-9H2,1-5H3. The summed E-state index contributed by atoms with van der Waals surface area (Å²) in [6.45, 7) is 12.0. The maximum Gasteiger partial charge on any atom is 0.0494 e. The van der Waals surface area contributed by atoms with E-state index in [0.29, 0.717) is 6.04 Å². The topological polar surface area (TPSA) is 32.3 Å². The molecule has 0 aromatic carbocycles. The van der Waals surface area contributed by atoms with Crippen LogP contribution in [-0.2, 0) is 0 Å². The van der Waals surface area contributed by atoms with E-state index in [9.17, 15) is 0 Å². The van der Waals surface area contributed by atoms with Crippen LogP contribution in [0.1, 0.15) is 47.5 Å². The Labute approximate surface area is 89.1 Å². The lowest BCUT2D eigenvalue weighted by Crippen LogP contribution is -2.38. The third-order valence-electron chi connectivity index (χ3n) is 2.81. The van der Waals surface area contributed by atoms with E-state index in [4.69, 9.17) is 5.11 Å². The van der Waals surface area contributed by atoms with Gasteiger partial charge in [-0.05, 0) is 19.3 Å². The highest BCUT2D eigenvalue weighted by Gasteiger charge is 2.17. The summed E-state index contributed by atoms with van der Waals surface area (Å²) >= 11 is 0. The molecule has 2 nitrogen and oxygen atoms in total. The van der Waals surface area contributed by atoms with Crippen LogP contribution in [0.3, 0.4) is 0 Å². The lowest BCUT2D eigenvalue weighted by molar-refractivity contribution is 0.152. The first kappa shape index (κ1) is 13.9. The molecule has 0 saturated carbocycles. The monoisotopic (exact) mass is 201 g/mol. The summed E-state index contributed by atoms with van der Waals surface area (Å²) in [5.41, 5.74) is 0.00368. The van der Waals surface area contributed by atoms with Crippen molar-refractivity contribution in [3.05, 3.63) is 0 Å². The van der Waals surface area contributed by atoms with Gasteiger partial charge in [-0.3, -0.25) is 0 Å². The predicted molar refractivity (Wildman–Crippen MR) is 62.4 cm³/mol. The zero-order valence-corrected chi connectivity index (χ0v) is 10.4. The number of aliphatic hydroxyl groups excluding tert-OH is 1. The first-order valence-corrected chi connectivity index (χ1v) is 5.75. The summed E-state index contributed by atoms with van der Waals surface area (Å²) in [6.07, 6.45) is 2.47. The van der Waals surface area contributed by atoms with Gasteiger partial charge in [0.2, 0.25) is 0 Å². The molecule has 14 heavy (non-hydrogen) atoms. The fourth-order valence-corrected chi connectivity index (χ4v) is 1.36. The van der Waals surface area contributed by atoms with Gasteiger partial charge in [-0.25, -0.2) is 0 Å². The molecule has 0 fully saturated rings. The molecule has 2 unspecified atom stereocenters. The molecule has 0 aromatic rings. The Morgan fingerprint density at radius 3 is 2.29 bits per heavy atom. The van der Waals surface area contributed by atoms with Crippen molar-refractivity contribution in [2.45, 2.75) is 53.5 Å². The molecule has 0 aromatic heterocycles. The first-order chi connectivity index (χ1) is 6.41. The average molecular weight is 201 g/mol. The summed E-state index contributed by atoms with van der Waals surface area (Å²) in [4.78, 5) is 0. The zero-order valence-electron chi connectivity index (χ0n) is 10.4. The van der Waals surface area contributed by atoms with Gasteiger partial charge in [0.1, 0.15) is 0 Å². The van der Waals surface area contributed by atoms with Crippen LogP contribution < -0.4 is 5.32 Å². The van der Waals surface area contributed by atoms with Gasteiger partial charge in [-0.1, -0.05) is 34.1 Å². The lowest BCUT2D eigenvalue weighted by atomic mass is 9.93. The van der Waals surface area contributed by atoms with Crippen LogP contribution in [0.25, 0.3) is 0 Å². The predicted octanol–water partition coefficient (Wildman–Crippen LogP) is 2.42. The Morgan fingerprint density at radius 2 is 1.86 bits per heavy atom. The lowest BCUT2D eigenvalue weighted by Gasteiger charge is -2.26. The molecule has 0 aliphatic carbocycles. The average Bonchev–Trinajstić information content (AvgIpc) is 2.15. The molecule has 0 saturated heterocycles. The van der Waals surface area contributed by atoms with Crippen molar-refractivity contribution in [1.82, 2.24) is 5.32 Å². The fraction of sp³-hybridized carbons (Fsp3) is 1.00. The third-order valence-corrected chi connectivity index (χ3v) is 2.81. The molecule has 0 heterocycles. The van der Waals surface area contributed by atoms with Gasteiger partial charge in [0.25, 0.3) is 0 Å². The van der Waals surface area contributed by atoms with E-state index in [1.165, 1.54) is 12.8 Å². The van der Waals surface area contributed by atoms with Crippen LogP contribution in [0.15, 0.2) is 0 Å². The van der Waals surface area contributed by atoms with Gasteiger partial charge in [0, 0.05) is 24.6 Å². The van der Waals surface area contributed by atoms with E-state index in [0.717, 1.165) is 12.5 Å². The van der Waals surface area contributed by atoms with Crippen molar-refractivity contribution in [2.75, 3.05) is 13.2 Å². The van der Waals surface area contributed by atoms with E-state index in [-0.39, 0.29) is 12.0 Å². The van der Waals surface area contributed by atoms with Gasteiger partial charge >= 0.3 is 0 Å². The van der Waals surface area contributed by atoms with Crippen LogP contribution >= 0.6 is 0 Å². The summed E-state index contributed by atoms with van der Waals surface area (Å²) in [5, 5.41) is 12.6. The van der Waals surface area contributed by atoms with Crippen molar-refractivity contribution in [3.63, 3.8) is 0 Å². The molecule has 0 rings (SSSR count). The van der Waals surface area contributed by atoms with Crippen LogP contribution in [0, 0.1) is 11.3 Å². The molecule has 2 atom stereocenters. The molecular weight excluding hydrogens is 174 g/mol. The summed E-state index contributed by atoms with van der Waals surface area (Å²) in [7, 11) is 0. The molecule has 2 N–H and O–H groups in total. The normalized spacial score (nSPS) is 16.7. The first-order valence-electron chi connectivity index (χ1n) is 5.75. The smallest absolute Gasteiger partial charge is 0.0494 e. The third kappa shape index (κ3) is 6.39. The second-order valence-corrected chi connectivity index (χ2v) is 5.35. The molecule has 2 heteroatoms. The Kier molecular flexibility index (Phi) is 6.38. The molecule has 0 spiro atoms. The van der Waals surface area contributed by atoms with Crippen LogP contribution in [0.5, 0.6) is 0 Å². The number of aliphatic hydroxyl groups is 1. The molecule has 0 aliphatic heterocycles. The highest BCUT2D eigenvalue weighted by molar-refractivity contribution is 4.73. The SMILES string of the molecule is CCC(C)CC(C)NCC(C)(C)CO. The highest BCUT2D eigenvalue weighted by atomic mass is 16.3. The Morgan fingerprint density at radius 1 is 1.29 bits per heavy atom. The van der Waals surface area contributed by atoms with Crippen molar-refractivity contribution in [1.29, 1.82) is 0 Å². The maximum atomic E-state index is 9.09. The van der Waals surface area contributed by atoms with Gasteiger partial charge < -0.3 is 10.4 Å². The minimum absolute atomic E-state index is 0.00368. The van der Waals surface area contributed by atoms with Crippen molar-refractivity contribution >= 4 is 0 Å². The molecule has 0 amide bonds. The van der Waals surface area contributed by atoms with Gasteiger partial charge in [0.05, 0.1) is 0 Å². The maximum absolute atomic E-state index is 9.09. The van der Waals surface area contributed by atoms with E-state index < -0.39 is 0 Å². The summed E-state index contributed by atoms with van der Waals surface area (Å²) in [5.74, 6) is 0.787. The van der Waals surface area contributed by atoms with Gasteiger partial charge in [-0.15, -0.1) is 0 Å². The second-order valence-electron chi connectivity index (χ2n) is 5.35. The van der Waals surface area contributed by atoms with Gasteiger partial charge in [-0.2, -0.15) is 0 Å². The van der Waals surface area contributed by atoms with E-state index in [2.05, 4.69) is 39.9 Å². The number of nitrogens with one attached hydrogen (secondary N) is 1. The Hall–Kier alpha value is -0.0800. The van der Waals surface area contributed by atoms with Crippen molar-refractivity contribution in [3.8, 4) is 0 Å². The molecule has 0 bridgehead atoms. The van der Waals surface area contributed by atoms with E-state index in [1.807, 2.05) is 0 Å². The number of hydrogen-bond donors (Lipinski definition) is 2. The van der Waals surface area contributed by atoms with Crippen molar-refractivity contribution in [2.24, 2.45) is 11.3 Å². The number of hydrogen-bond acceptors (Lipinski definition) is 2. The summed E-state index contributed by atoms with van der Waals surface area (Å²) < 4.78 is 0. The largest absolute Gasteiger partial charge is 0.396 e. The molecule has 0 aliphatic rings. The van der Waals surface area contributed by atoms with E-state index in [1.54, 1.807) is 0 Å². The highest BCUT2D eigenvalue weighted by Crippen LogP contribution is 2.14. The van der Waals surface area contributed by atoms with E-state index >= 15 is 0 Å². The molecular formula is C12H27NO. The van der Waals surface area contributed by atoms with Gasteiger partial charge in [0.15, 0.2) is 0 Å². The van der Waals surface area contributed by atoms with Crippen molar-refractivity contribution < 1.29 is 5.11 Å². The van der Waals surface area contributed by atoms with Crippen LogP contribution in [0.2, 0.25) is 0 Å². The minimum Gasteiger partial charge on any atom is -0.396 e. The number of rotatable bonds is 7. The van der Waals surface area contributed by atoms with Crippen LogP contribution in [-0.4, -0.2) is 24.3 Å². The Balaban J connectivity index is 3.68. The molecule has 86 valence electrons. The minimum atomic E-state index is 0.00368. The zero-order chi connectivity index (χ0) is 11.2. The molecule has 0 radical (unpaired) electrons. The fourth-order valence-electron chi connectivity index (χ4n) is 1.36.